The van der Waals surface area contributed by atoms with Crippen molar-refractivity contribution in [3.05, 3.63) is 89.9 Å². The molecule has 1 heterocycles. The molecule has 0 fully saturated rings. The number of hydrogen-bond acceptors (Lipinski definition) is 3. The number of carbonyl (C=O) groups excluding carboxylic acids is 1. The zero-order valence-corrected chi connectivity index (χ0v) is 14.8. The maximum atomic E-state index is 13.2. The number of benzene rings is 2. The molecule has 3 aromatic rings. The molecule has 0 bridgehead atoms. The van der Waals surface area contributed by atoms with Crippen LogP contribution in [0.1, 0.15) is 15.9 Å². The van der Waals surface area contributed by atoms with Gasteiger partial charge in [0.05, 0.1) is 6.54 Å². The normalized spacial score (nSPS) is 10.4. The van der Waals surface area contributed by atoms with E-state index in [0.29, 0.717) is 17.9 Å². The fraction of sp³-hybridized carbons (Fsp3) is 0.143. The summed E-state index contributed by atoms with van der Waals surface area (Å²) < 4.78 is 13.2. The van der Waals surface area contributed by atoms with Crippen molar-refractivity contribution in [2.24, 2.45) is 0 Å². The van der Waals surface area contributed by atoms with Gasteiger partial charge in [0.2, 0.25) is 0 Å². The van der Waals surface area contributed by atoms with Crippen LogP contribution in [0.2, 0.25) is 0 Å². The van der Waals surface area contributed by atoms with Gasteiger partial charge in [-0.1, -0.05) is 18.2 Å². The highest BCUT2D eigenvalue weighted by molar-refractivity contribution is 6.05. The van der Waals surface area contributed by atoms with Crippen molar-refractivity contribution < 1.29 is 9.18 Å². The smallest absolute Gasteiger partial charge is 0.259 e. The zero-order chi connectivity index (χ0) is 18.5. The SMILES string of the molecule is CN(C)c1ccc(CN(C(=O)c2ccc(F)cc2)c2ccccn2)cc1. The number of rotatable bonds is 5. The fourth-order valence-corrected chi connectivity index (χ4v) is 2.60. The summed E-state index contributed by atoms with van der Waals surface area (Å²) in [5, 5.41) is 0. The van der Waals surface area contributed by atoms with Crippen LogP contribution in [0, 0.1) is 5.82 Å². The Morgan fingerprint density at radius 1 is 0.962 bits per heavy atom. The quantitative estimate of drug-likeness (QED) is 0.695. The summed E-state index contributed by atoms with van der Waals surface area (Å²) in [6.45, 7) is 0.376. The molecule has 3 rings (SSSR count). The van der Waals surface area contributed by atoms with Crippen LogP contribution in [0.5, 0.6) is 0 Å². The summed E-state index contributed by atoms with van der Waals surface area (Å²) in [5.74, 6) is -0.0379. The van der Waals surface area contributed by atoms with Gasteiger partial charge in [-0.15, -0.1) is 0 Å². The Morgan fingerprint density at radius 3 is 2.23 bits per heavy atom. The van der Waals surface area contributed by atoms with E-state index < -0.39 is 0 Å². The average Bonchev–Trinajstić information content (AvgIpc) is 2.67. The van der Waals surface area contributed by atoms with Crippen molar-refractivity contribution in [3.8, 4) is 0 Å². The number of carbonyl (C=O) groups is 1. The Labute approximate surface area is 152 Å². The first-order valence-corrected chi connectivity index (χ1v) is 8.29. The van der Waals surface area contributed by atoms with Gasteiger partial charge in [-0.05, 0) is 54.1 Å². The Hall–Kier alpha value is -3.21. The lowest BCUT2D eigenvalue weighted by atomic mass is 10.1. The zero-order valence-electron chi connectivity index (χ0n) is 14.8. The summed E-state index contributed by atoms with van der Waals surface area (Å²) in [7, 11) is 3.96. The number of pyridine rings is 1. The van der Waals surface area contributed by atoms with Crippen molar-refractivity contribution in [2.75, 3.05) is 23.9 Å². The highest BCUT2D eigenvalue weighted by Crippen LogP contribution is 2.20. The predicted molar refractivity (Wildman–Crippen MR) is 102 cm³/mol. The van der Waals surface area contributed by atoms with Crippen molar-refractivity contribution in [2.45, 2.75) is 6.54 Å². The monoisotopic (exact) mass is 349 g/mol. The standard InChI is InChI=1S/C21H20FN3O/c1-24(2)19-12-6-16(7-13-19)15-25(20-5-3-4-14-23-20)21(26)17-8-10-18(22)11-9-17/h3-14H,15H2,1-2H3. The molecule has 132 valence electrons. The first-order chi connectivity index (χ1) is 12.5. The number of halogens is 1. The predicted octanol–water partition coefficient (Wildman–Crippen LogP) is 4.13. The molecule has 0 aliphatic carbocycles. The molecule has 0 radical (unpaired) electrons. The Balaban J connectivity index is 1.91. The summed E-state index contributed by atoms with van der Waals surface area (Å²) in [6.07, 6.45) is 1.65. The molecule has 2 aromatic carbocycles. The highest BCUT2D eigenvalue weighted by Gasteiger charge is 2.19. The van der Waals surface area contributed by atoms with E-state index in [1.165, 1.54) is 24.3 Å². The molecule has 1 amide bonds. The number of amides is 1. The topological polar surface area (TPSA) is 36.4 Å². The largest absolute Gasteiger partial charge is 0.378 e. The van der Waals surface area contributed by atoms with Crippen LogP contribution in [0.25, 0.3) is 0 Å². The molecule has 1 aromatic heterocycles. The molecule has 4 nitrogen and oxygen atoms in total. The fourth-order valence-electron chi connectivity index (χ4n) is 2.60. The van der Waals surface area contributed by atoms with Crippen molar-refractivity contribution >= 4 is 17.4 Å². The lowest BCUT2D eigenvalue weighted by Crippen LogP contribution is -2.31. The maximum Gasteiger partial charge on any atom is 0.259 e. The van der Waals surface area contributed by atoms with E-state index >= 15 is 0 Å². The highest BCUT2D eigenvalue weighted by atomic mass is 19.1. The van der Waals surface area contributed by atoms with E-state index in [1.807, 2.05) is 49.3 Å². The van der Waals surface area contributed by atoms with Gasteiger partial charge in [-0.2, -0.15) is 0 Å². The van der Waals surface area contributed by atoms with E-state index in [4.69, 9.17) is 0 Å². The second-order valence-corrected chi connectivity index (χ2v) is 6.15. The first kappa shape index (κ1) is 17.6. The van der Waals surface area contributed by atoms with Crippen LogP contribution >= 0.6 is 0 Å². The van der Waals surface area contributed by atoms with E-state index in [2.05, 4.69) is 4.98 Å². The Morgan fingerprint density at radius 2 is 1.65 bits per heavy atom. The molecule has 5 heteroatoms. The minimum absolute atomic E-state index is 0.222. The van der Waals surface area contributed by atoms with Gasteiger partial charge in [0.1, 0.15) is 11.6 Å². The lowest BCUT2D eigenvalue weighted by Gasteiger charge is -2.22. The molecule has 0 aliphatic heterocycles. The molecule has 0 atom stereocenters. The lowest BCUT2D eigenvalue weighted by molar-refractivity contribution is 0.0984. The molecular formula is C21H20FN3O. The second-order valence-electron chi connectivity index (χ2n) is 6.15. The van der Waals surface area contributed by atoms with Crippen LogP contribution < -0.4 is 9.80 Å². The van der Waals surface area contributed by atoms with Gasteiger partial charge in [0, 0.05) is 31.5 Å². The van der Waals surface area contributed by atoms with Crippen LogP contribution in [0.3, 0.4) is 0 Å². The van der Waals surface area contributed by atoms with Crippen LogP contribution in [0.15, 0.2) is 72.9 Å². The minimum Gasteiger partial charge on any atom is -0.378 e. The van der Waals surface area contributed by atoms with Crippen molar-refractivity contribution in [1.82, 2.24) is 4.98 Å². The Bertz CT molecular complexity index is 862. The van der Waals surface area contributed by atoms with E-state index in [-0.39, 0.29) is 11.7 Å². The summed E-state index contributed by atoms with van der Waals surface area (Å²) in [6, 6.07) is 19.0. The molecule has 0 aliphatic rings. The summed E-state index contributed by atoms with van der Waals surface area (Å²) >= 11 is 0. The van der Waals surface area contributed by atoms with E-state index in [1.54, 1.807) is 23.2 Å². The molecule has 0 unspecified atom stereocenters. The summed E-state index contributed by atoms with van der Waals surface area (Å²) in [5.41, 5.74) is 2.49. The molecule has 26 heavy (non-hydrogen) atoms. The van der Waals surface area contributed by atoms with Crippen molar-refractivity contribution in [3.63, 3.8) is 0 Å². The van der Waals surface area contributed by atoms with Crippen LogP contribution in [0.4, 0.5) is 15.9 Å². The minimum atomic E-state index is -0.370. The molecule has 0 spiro atoms. The third-order valence-corrected chi connectivity index (χ3v) is 4.06. The average molecular weight is 349 g/mol. The molecule has 0 N–H and O–H groups in total. The first-order valence-electron chi connectivity index (χ1n) is 8.29. The summed E-state index contributed by atoms with van der Waals surface area (Å²) in [4.78, 5) is 20.9. The Kier molecular flexibility index (Phi) is 5.27. The van der Waals surface area contributed by atoms with Crippen LogP contribution in [-0.4, -0.2) is 25.0 Å². The maximum absolute atomic E-state index is 13.2. The molecular weight excluding hydrogens is 329 g/mol. The molecule has 0 saturated carbocycles. The number of nitrogens with zero attached hydrogens (tertiary/aromatic N) is 3. The second kappa shape index (κ2) is 7.78. The van der Waals surface area contributed by atoms with Gasteiger partial charge >= 0.3 is 0 Å². The van der Waals surface area contributed by atoms with E-state index in [9.17, 15) is 9.18 Å². The number of aromatic nitrogens is 1. The van der Waals surface area contributed by atoms with Gasteiger partial charge in [-0.25, -0.2) is 9.37 Å². The third-order valence-electron chi connectivity index (χ3n) is 4.06. The van der Waals surface area contributed by atoms with Gasteiger partial charge < -0.3 is 4.90 Å². The van der Waals surface area contributed by atoms with Gasteiger partial charge in [0.25, 0.3) is 5.91 Å². The van der Waals surface area contributed by atoms with Gasteiger partial charge in [-0.3, -0.25) is 9.69 Å². The van der Waals surface area contributed by atoms with Gasteiger partial charge in [0.15, 0.2) is 0 Å². The van der Waals surface area contributed by atoms with E-state index in [0.717, 1.165) is 11.3 Å². The number of hydrogen-bond donors (Lipinski definition) is 0. The van der Waals surface area contributed by atoms with Crippen molar-refractivity contribution in [1.29, 1.82) is 0 Å². The molecule has 0 saturated heterocycles. The van der Waals surface area contributed by atoms with Crippen LogP contribution in [-0.2, 0) is 6.54 Å². The number of anilines is 2. The third kappa shape index (κ3) is 4.06.